The molecule has 0 aliphatic carbocycles. The van der Waals surface area contributed by atoms with Crippen LogP contribution in [0.1, 0.15) is 31.4 Å². The normalized spacial score (nSPS) is 10.6. The minimum atomic E-state index is -0.343. The third kappa shape index (κ3) is 6.33. The van der Waals surface area contributed by atoms with Crippen molar-refractivity contribution >= 4 is 12.1 Å². The van der Waals surface area contributed by atoms with E-state index in [0.29, 0.717) is 29.4 Å². The maximum atomic E-state index is 11.9. The van der Waals surface area contributed by atoms with E-state index < -0.39 is 0 Å². The number of hydrogen-bond acceptors (Lipinski definition) is 5. The van der Waals surface area contributed by atoms with E-state index in [1.807, 2.05) is 43.3 Å². The lowest BCUT2D eigenvalue weighted by Gasteiger charge is -2.11. The Morgan fingerprint density at radius 1 is 1.11 bits per heavy atom. The van der Waals surface area contributed by atoms with E-state index in [1.165, 1.54) is 11.8 Å². The van der Waals surface area contributed by atoms with Crippen molar-refractivity contribution in [2.75, 3.05) is 20.3 Å². The van der Waals surface area contributed by atoms with Gasteiger partial charge in [0.15, 0.2) is 18.1 Å². The molecule has 0 aliphatic heterocycles. The van der Waals surface area contributed by atoms with Crippen molar-refractivity contribution in [1.29, 1.82) is 0 Å². The molecule has 0 saturated carbocycles. The van der Waals surface area contributed by atoms with Crippen LogP contribution in [0.4, 0.5) is 0 Å². The quantitative estimate of drug-likeness (QED) is 0.513. The molecule has 1 amide bonds. The van der Waals surface area contributed by atoms with Gasteiger partial charge < -0.3 is 14.2 Å². The molecule has 1 N–H and O–H groups in total. The Kier molecular flexibility index (Phi) is 8.16. The van der Waals surface area contributed by atoms with Crippen molar-refractivity contribution in [3.05, 3.63) is 53.6 Å². The Labute approximate surface area is 160 Å². The number of carbonyl (C=O) groups is 1. The summed E-state index contributed by atoms with van der Waals surface area (Å²) >= 11 is 0. The predicted octanol–water partition coefficient (Wildman–Crippen LogP) is 3.58. The molecule has 2 aromatic rings. The number of methoxy groups -OCH3 is 1. The Hall–Kier alpha value is -3.02. The third-order valence-corrected chi connectivity index (χ3v) is 3.74. The Bertz CT molecular complexity index is 757. The molecule has 0 saturated heterocycles. The van der Waals surface area contributed by atoms with Gasteiger partial charge in [-0.15, -0.1) is 0 Å². The molecule has 0 bridgehead atoms. The highest BCUT2D eigenvalue weighted by Crippen LogP contribution is 2.29. The first kappa shape index (κ1) is 20.3. The summed E-state index contributed by atoms with van der Waals surface area (Å²) in [5.41, 5.74) is 4.41. The molecule has 27 heavy (non-hydrogen) atoms. The van der Waals surface area contributed by atoms with Crippen LogP contribution in [-0.4, -0.2) is 32.4 Å². The highest BCUT2D eigenvalue weighted by atomic mass is 16.5. The minimum Gasteiger partial charge on any atom is -0.493 e. The van der Waals surface area contributed by atoms with Crippen LogP contribution < -0.4 is 19.6 Å². The molecule has 0 spiro atoms. The third-order valence-electron chi connectivity index (χ3n) is 3.74. The first-order chi connectivity index (χ1) is 13.2. The van der Waals surface area contributed by atoms with Crippen LogP contribution in [0.25, 0.3) is 0 Å². The van der Waals surface area contributed by atoms with Gasteiger partial charge in [0.1, 0.15) is 5.75 Å². The first-order valence-electron chi connectivity index (χ1n) is 9.01. The van der Waals surface area contributed by atoms with Gasteiger partial charge in [-0.2, -0.15) is 5.10 Å². The van der Waals surface area contributed by atoms with Crippen LogP contribution in [0.15, 0.2) is 47.6 Å². The van der Waals surface area contributed by atoms with Crippen LogP contribution in [0.5, 0.6) is 17.2 Å². The average Bonchev–Trinajstić information content (AvgIpc) is 2.69. The number of benzene rings is 2. The molecule has 0 radical (unpaired) electrons. The summed E-state index contributed by atoms with van der Waals surface area (Å²) in [6.07, 6.45) is 3.65. The predicted molar refractivity (Wildman–Crippen MR) is 106 cm³/mol. The van der Waals surface area contributed by atoms with Gasteiger partial charge in [-0.3, -0.25) is 4.79 Å². The maximum Gasteiger partial charge on any atom is 0.277 e. The van der Waals surface area contributed by atoms with E-state index in [2.05, 4.69) is 17.5 Å². The van der Waals surface area contributed by atoms with Crippen molar-refractivity contribution in [3.8, 4) is 17.2 Å². The van der Waals surface area contributed by atoms with E-state index in [0.717, 1.165) is 12.8 Å². The Morgan fingerprint density at radius 3 is 2.56 bits per heavy atom. The standard InChI is InChI=1S/C21H26N2O4/c1-4-7-16-10-12-18(13-11-16)27-15-20(24)23-22-14-17-8-6-9-19(25-3)21(17)26-5-2/h6,8-14H,4-5,7,15H2,1-3H3,(H,23,24)/b22-14+. The summed E-state index contributed by atoms with van der Waals surface area (Å²) in [6, 6.07) is 13.2. The molecule has 0 heterocycles. The fourth-order valence-electron chi connectivity index (χ4n) is 2.49. The minimum absolute atomic E-state index is 0.110. The van der Waals surface area contributed by atoms with Gasteiger partial charge in [-0.25, -0.2) is 5.43 Å². The topological polar surface area (TPSA) is 69.2 Å². The fraction of sp³-hybridized carbons (Fsp3) is 0.333. The van der Waals surface area contributed by atoms with E-state index >= 15 is 0 Å². The van der Waals surface area contributed by atoms with Crippen LogP contribution in [0, 0.1) is 0 Å². The second kappa shape index (κ2) is 10.9. The number of aryl methyl sites for hydroxylation is 1. The molecular weight excluding hydrogens is 344 g/mol. The average molecular weight is 370 g/mol. The number of para-hydroxylation sites is 1. The van der Waals surface area contributed by atoms with Crippen LogP contribution in [-0.2, 0) is 11.2 Å². The van der Waals surface area contributed by atoms with E-state index in [4.69, 9.17) is 14.2 Å². The largest absolute Gasteiger partial charge is 0.493 e. The molecule has 0 aromatic heterocycles. The Morgan fingerprint density at radius 2 is 1.89 bits per heavy atom. The number of nitrogens with zero attached hydrogens (tertiary/aromatic N) is 1. The summed E-state index contributed by atoms with van der Waals surface area (Å²) in [4.78, 5) is 11.9. The molecule has 6 heteroatoms. The fourth-order valence-corrected chi connectivity index (χ4v) is 2.49. The zero-order valence-electron chi connectivity index (χ0n) is 16.0. The monoisotopic (exact) mass is 370 g/mol. The van der Waals surface area contributed by atoms with Gasteiger partial charge >= 0.3 is 0 Å². The smallest absolute Gasteiger partial charge is 0.277 e. The number of rotatable bonds is 10. The molecule has 144 valence electrons. The molecule has 6 nitrogen and oxygen atoms in total. The highest BCUT2D eigenvalue weighted by Gasteiger charge is 2.08. The summed E-state index contributed by atoms with van der Waals surface area (Å²) in [7, 11) is 1.58. The number of hydrogen-bond donors (Lipinski definition) is 1. The van der Waals surface area contributed by atoms with E-state index in [1.54, 1.807) is 13.2 Å². The van der Waals surface area contributed by atoms with Gasteiger partial charge in [0, 0.05) is 5.56 Å². The molecule has 2 rings (SSSR count). The van der Waals surface area contributed by atoms with Gasteiger partial charge in [0.05, 0.1) is 19.9 Å². The molecule has 0 atom stereocenters. The van der Waals surface area contributed by atoms with Crippen LogP contribution in [0.2, 0.25) is 0 Å². The van der Waals surface area contributed by atoms with Gasteiger partial charge in [-0.1, -0.05) is 31.5 Å². The summed E-state index contributed by atoms with van der Waals surface area (Å²) < 4.78 is 16.4. The second-order valence-electron chi connectivity index (χ2n) is 5.79. The molecule has 0 aliphatic rings. The van der Waals surface area contributed by atoms with E-state index in [-0.39, 0.29) is 12.5 Å². The van der Waals surface area contributed by atoms with Gasteiger partial charge in [0.25, 0.3) is 5.91 Å². The van der Waals surface area contributed by atoms with Crippen LogP contribution in [0.3, 0.4) is 0 Å². The number of amides is 1. The molecule has 0 unspecified atom stereocenters. The number of hydrazone groups is 1. The lowest BCUT2D eigenvalue weighted by Crippen LogP contribution is -2.24. The molecule has 2 aromatic carbocycles. The molecule has 0 fully saturated rings. The van der Waals surface area contributed by atoms with E-state index in [9.17, 15) is 4.79 Å². The van der Waals surface area contributed by atoms with Crippen molar-refractivity contribution in [3.63, 3.8) is 0 Å². The van der Waals surface area contributed by atoms with Crippen molar-refractivity contribution in [2.24, 2.45) is 5.10 Å². The zero-order chi connectivity index (χ0) is 19.5. The van der Waals surface area contributed by atoms with Crippen LogP contribution >= 0.6 is 0 Å². The summed E-state index contributed by atoms with van der Waals surface area (Å²) in [5.74, 6) is 1.51. The zero-order valence-corrected chi connectivity index (χ0v) is 16.0. The summed E-state index contributed by atoms with van der Waals surface area (Å²) in [5, 5.41) is 3.97. The summed E-state index contributed by atoms with van der Waals surface area (Å²) in [6.45, 7) is 4.42. The number of ether oxygens (including phenoxy) is 3. The number of nitrogens with one attached hydrogen (secondary N) is 1. The lowest BCUT2D eigenvalue weighted by molar-refractivity contribution is -0.123. The highest BCUT2D eigenvalue weighted by molar-refractivity contribution is 5.86. The number of carbonyl (C=O) groups excluding carboxylic acids is 1. The lowest BCUT2D eigenvalue weighted by atomic mass is 10.1. The second-order valence-corrected chi connectivity index (χ2v) is 5.79. The Balaban J connectivity index is 1.88. The van der Waals surface area contributed by atoms with Crippen molar-refractivity contribution < 1.29 is 19.0 Å². The molecular formula is C21H26N2O4. The SMILES string of the molecule is CCCc1ccc(OCC(=O)N/N=C/c2cccc(OC)c2OCC)cc1. The van der Waals surface area contributed by atoms with Crippen molar-refractivity contribution in [1.82, 2.24) is 5.43 Å². The van der Waals surface area contributed by atoms with Gasteiger partial charge in [-0.05, 0) is 43.2 Å². The first-order valence-corrected chi connectivity index (χ1v) is 9.01. The van der Waals surface area contributed by atoms with Crippen molar-refractivity contribution in [2.45, 2.75) is 26.7 Å². The van der Waals surface area contributed by atoms with Gasteiger partial charge in [0.2, 0.25) is 0 Å². The maximum absolute atomic E-state index is 11.9.